The second-order valence-electron chi connectivity index (χ2n) is 4.42. The van der Waals surface area contributed by atoms with Crippen LogP contribution in [-0.2, 0) is 6.18 Å². The molecule has 0 spiro atoms. The molecule has 9 heteroatoms. The summed E-state index contributed by atoms with van der Waals surface area (Å²) in [7, 11) is 0. The lowest BCUT2D eigenvalue weighted by Crippen LogP contribution is -2.18. The third kappa shape index (κ3) is 3.62. The zero-order chi connectivity index (χ0) is 17.2. The van der Waals surface area contributed by atoms with E-state index in [1.165, 1.54) is 12.1 Å². The van der Waals surface area contributed by atoms with Gasteiger partial charge in [0.25, 0.3) is 11.6 Å². The van der Waals surface area contributed by atoms with E-state index in [1.54, 1.807) is 0 Å². The number of nitro groups is 1. The molecule has 5 nitrogen and oxygen atoms in total. The molecule has 0 heterocycles. The monoisotopic (exact) mass is 328 g/mol. The molecule has 0 radical (unpaired) electrons. The van der Waals surface area contributed by atoms with E-state index in [1.807, 2.05) is 5.32 Å². The van der Waals surface area contributed by atoms with Crippen molar-refractivity contribution >= 4 is 17.3 Å². The summed E-state index contributed by atoms with van der Waals surface area (Å²) in [6, 6.07) is 6.61. The molecule has 0 fully saturated rings. The van der Waals surface area contributed by atoms with E-state index in [0.29, 0.717) is 6.07 Å². The summed E-state index contributed by atoms with van der Waals surface area (Å²) >= 11 is 0. The van der Waals surface area contributed by atoms with Crippen molar-refractivity contribution in [3.05, 3.63) is 69.5 Å². The summed E-state index contributed by atoms with van der Waals surface area (Å²) in [6.45, 7) is 0. The number of alkyl halides is 3. The van der Waals surface area contributed by atoms with E-state index in [0.717, 1.165) is 24.3 Å². The predicted octanol–water partition coefficient (Wildman–Crippen LogP) is 4.01. The Kier molecular flexibility index (Phi) is 4.30. The molecule has 23 heavy (non-hydrogen) atoms. The molecule has 0 bridgehead atoms. The van der Waals surface area contributed by atoms with Crippen LogP contribution < -0.4 is 5.32 Å². The van der Waals surface area contributed by atoms with Gasteiger partial charge in [-0.25, -0.2) is 4.39 Å². The third-order valence-corrected chi connectivity index (χ3v) is 2.89. The molecule has 0 unspecified atom stereocenters. The van der Waals surface area contributed by atoms with Gasteiger partial charge in [-0.2, -0.15) is 13.2 Å². The highest BCUT2D eigenvalue weighted by Crippen LogP contribution is 2.37. The average molecular weight is 328 g/mol. The molecule has 0 aliphatic carbocycles. The number of hydrogen-bond donors (Lipinski definition) is 1. The van der Waals surface area contributed by atoms with Crippen LogP contribution in [-0.4, -0.2) is 10.8 Å². The van der Waals surface area contributed by atoms with Crippen LogP contribution >= 0.6 is 0 Å². The Morgan fingerprint density at radius 1 is 1.13 bits per heavy atom. The fourth-order valence-electron chi connectivity index (χ4n) is 1.82. The number of nitrogens with one attached hydrogen (secondary N) is 1. The van der Waals surface area contributed by atoms with Gasteiger partial charge in [0.2, 0.25) is 0 Å². The molecule has 1 amide bonds. The van der Waals surface area contributed by atoms with Gasteiger partial charge in [-0.15, -0.1) is 0 Å². The number of nitrogens with zero attached hydrogens (tertiary/aromatic N) is 1. The number of non-ortho nitro benzene ring substituents is 1. The van der Waals surface area contributed by atoms with Crippen LogP contribution in [0.1, 0.15) is 15.9 Å². The van der Waals surface area contributed by atoms with E-state index in [4.69, 9.17) is 0 Å². The second-order valence-corrected chi connectivity index (χ2v) is 4.42. The Morgan fingerprint density at radius 3 is 2.35 bits per heavy atom. The molecule has 0 atom stereocenters. The number of amides is 1. The maximum atomic E-state index is 13.5. The van der Waals surface area contributed by atoms with Gasteiger partial charge in [-0.05, 0) is 18.2 Å². The Bertz CT molecular complexity index is 775. The smallest absolute Gasteiger partial charge is 0.321 e. The second kappa shape index (κ2) is 6.03. The van der Waals surface area contributed by atoms with Crippen molar-refractivity contribution in [2.45, 2.75) is 6.18 Å². The molecule has 2 aromatic carbocycles. The quantitative estimate of drug-likeness (QED) is 0.526. The molecule has 2 rings (SSSR count). The Morgan fingerprint density at radius 2 is 1.78 bits per heavy atom. The van der Waals surface area contributed by atoms with Crippen molar-refractivity contribution in [2.24, 2.45) is 0 Å². The van der Waals surface area contributed by atoms with Gasteiger partial charge in [0.15, 0.2) is 0 Å². The van der Waals surface area contributed by atoms with Gasteiger partial charge in [0.1, 0.15) is 5.82 Å². The summed E-state index contributed by atoms with van der Waals surface area (Å²) in [4.78, 5) is 21.5. The van der Waals surface area contributed by atoms with Gasteiger partial charge in [-0.1, -0.05) is 12.1 Å². The molecule has 0 aliphatic heterocycles. The number of nitro benzene ring substituents is 1. The minimum Gasteiger partial charge on any atom is -0.321 e. The van der Waals surface area contributed by atoms with E-state index in [2.05, 4.69) is 0 Å². The van der Waals surface area contributed by atoms with Crippen LogP contribution in [0, 0.1) is 15.9 Å². The molecular weight excluding hydrogens is 320 g/mol. The molecular formula is C14H8F4N2O3. The summed E-state index contributed by atoms with van der Waals surface area (Å²) in [5, 5.41) is 12.5. The molecule has 0 aromatic heterocycles. The standard InChI is InChI=1S/C14H8F4N2O3/c15-11-4-2-1-3-9(11)13(21)19-12-6-5-8(20(22)23)7-10(12)14(16,17)18/h1-7H,(H,19,21). The van der Waals surface area contributed by atoms with Gasteiger partial charge in [0, 0.05) is 12.1 Å². The normalized spacial score (nSPS) is 11.1. The van der Waals surface area contributed by atoms with Gasteiger partial charge < -0.3 is 5.32 Å². The van der Waals surface area contributed by atoms with Gasteiger partial charge in [-0.3, -0.25) is 14.9 Å². The highest BCUT2D eigenvalue weighted by Gasteiger charge is 2.35. The lowest BCUT2D eigenvalue weighted by Gasteiger charge is -2.13. The van der Waals surface area contributed by atoms with E-state index in [-0.39, 0.29) is 0 Å². The SMILES string of the molecule is O=C(Nc1ccc([N+](=O)[O-])cc1C(F)(F)F)c1ccccc1F. The number of carbonyl (C=O) groups excluding carboxylic acids is 1. The minimum absolute atomic E-state index is 0.303. The van der Waals surface area contributed by atoms with Crippen LogP contribution in [0.15, 0.2) is 42.5 Å². The number of halogens is 4. The lowest BCUT2D eigenvalue weighted by atomic mass is 10.1. The van der Waals surface area contributed by atoms with Crippen molar-refractivity contribution in [1.82, 2.24) is 0 Å². The van der Waals surface area contributed by atoms with Gasteiger partial charge in [0.05, 0.1) is 21.7 Å². The first-order valence-corrected chi connectivity index (χ1v) is 6.11. The zero-order valence-electron chi connectivity index (χ0n) is 11.2. The molecule has 1 N–H and O–H groups in total. The van der Waals surface area contributed by atoms with Crippen molar-refractivity contribution in [2.75, 3.05) is 5.32 Å². The predicted molar refractivity (Wildman–Crippen MR) is 72.5 cm³/mol. The van der Waals surface area contributed by atoms with Crippen molar-refractivity contribution in [3.8, 4) is 0 Å². The van der Waals surface area contributed by atoms with Crippen molar-refractivity contribution in [3.63, 3.8) is 0 Å². The van der Waals surface area contributed by atoms with Crippen LogP contribution in [0.4, 0.5) is 28.9 Å². The molecule has 0 saturated heterocycles. The average Bonchev–Trinajstić information content (AvgIpc) is 2.46. The van der Waals surface area contributed by atoms with Gasteiger partial charge >= 0.3 is 6.18 Å². The Balaban J connectivity index is 2.42. The fourth-order valence-corrected chi connectivity index (χ4v) is 1.82. The molecule has 0 aliphatic rings. The molecule has 2 aromatic rings. The van der Waals surface area contributed by atoms with Crippen LogP contribution in [0.5, 0.6) is 0 Å². The van der Waals surface area contributed by atoms with Crippen molar-refractivity contribution in [1.29, 1.82) is 0 Å². The summed E-state index contributed by atoms with van der Waals surface area (Å²) in [5.74, 6) is -2.00. The first kappa shape index (κ1) is 16.4. The molecule has 120 valence electrons. The van der Waals surface area contributed by atoms with E-state index in [9.17, 15) is 32.5 Å². The first-order chi connectivity index (χ1) is 10.7. The number of benzene rings is 2. The number of carbonyl (C=O) groups is 1. The summed E-state index contributed by atoms with van der Waals surface area (Å²) < 4.78 is 52.4. The highest BCUT2D eigenvalue weighted by molar-refractivity contribution is 6.04. The van der Waals surface area contributed by atoms with Crippen LogP contribution in [0.3, 0.4) is 0 Å². The summed E-state index contributed by atoms with van der Waals surface area (Å²) in [5.41, 5.74) is -3.31. The minimum atomic E-state index is -4.93. The third-order valence-electron chi connectivity index (χ3n) is 2.89. The maximum absolute atomic E-state index is 13.5. The summed E-state index contributed by atoms with van der Waals surface area (Å²) in [6.07, 6.45) is -4.93. The lowest BCUT2D eigenvalue weighted by molar-refractivity contribution is -0.385. The maximum Gasteiger partial charge on any atom is 0.418 e. The zero-order valence-corrected chi connectivity index (χ0v) is 11.2. The first-order valence-electron chi connectivity index (χ1n) is 6.11. The van der Waals surface area contributed by atoms with Crippen LogP contribution in [0.2, 0.25) is 0 Å². The Hall–Kier alpha value is -2.97. The van der Waals surface area contributed by atoms with Crippen molar-refractivity contribution < 1.29 is 27.3 Å². The highest BCUT2D eigenvalue weighted by atomic mass is 19.4. The fraction of sp³-hybridized carbons (Fsp3) is 0.0714. The molecule has 0 saturated carbocycles. The Labute approximate surface area is 126 Å². The van der Waals surface area contributed by atoms with E-state index < -0.39 is 45.3 Å². The topological polar surface area (TPSA) is 72.2 Å². The van der Waals surface area contributed by atoms with E-state index >= 15 is 0 Å². The number of rotatable bonds is 3. The largest absolute Gasteiger partial charge is 0.418 e. The van der Waals surface area contributed by atoms with Crippen LogP contribution in [0.25, 0.3) is 0 Å². The number of hydrogen-bond acceptors (Lipinski definition) is 3. The number of anilines is 1.